The highest BCUT2D eigenvalue weighted by atomic mass is 79.9. The van der Waals surface area contributed by atoms with E-state index in [0.717, 1.165) is 11.1 Å². The lowest BCUT2D eigenvalue weighted by molar-refractivity contribution is -0.132. The SMILES string of the molecule is COc1ccc(/C(O)=C2\C(=O)C(=O)N(c3ccc(C)cc3C)C2c2cccnc2)cc1Br. The van der Waals surface area contributed by atoms with Crippen molar-refractivity contribution in [1.29, 1.82) is 0 Å². The normalized spacial score (nSPS) is 17.6. The van der Waals surface area contributed by atoms with Gasteiger partial charge in [-0.3, -0.25) is 19.5 Å². The Morgan fingerprint density at radius 1 is 1.12 bits per heavy atom. The second-order valence-corrected chi connectivity index (χ2v) is 8.45. The molecule has 1 fully saturated rings. The molecule has 1 atom stereocenters. The van der Waals surface area contributed by atoms with Crippen LogP contribution < -0.4 is 9.64 Å². The average molecular weight is 493 g/mol. The van der Waals surface area contributed by atoms with Crippen LogP contribution >= 0.6 is 15.9 Å². The van der Waals surface area contributed by atoms with Crippen LogP contribution in [0.3, 0.4) is 0 Å². The van der Waals surface area contributed by atoms with Crippen molar-refractivity contribution in [2.24, 2.45) is 0 Å². The monoisotopic (exact) mass is 492 g/mol. The van der Waals surface area contributed by atoms with Crippen LogP contribution in [0.1, 0.15) is 28.3 Å². The minimum atomic E-state index is -0.814. The maximum absolute atomic E-state index is 13.2. The third-order valence-electron chi connectivity index (χ3n) is 5.48. The number of aliphatic hydroxyl groups excluding tert-OH is 1. The molecule has 2 heterocycles. The van der Waals surface area contributed by atoms with Crippen LogP contribution in [-0.2, 0) is 9.59 Å². The number of aliphatic hydroxyl groups is 1. The van der Waals surface area contributed by atoms with E-state index in [2.05, 4.69) is 20.9 Å². The minimum Gasteiger partial charge on any atom is -0.507 e. The molecule has 1 N–H and O–H groups in total. The number of amides is 1. The summed E-state index contributed by atoms with van der Waals surface area (Å²) < 4.78 is 5.87. The van der Waals surface area contributed by atoms with Gasteiger partial charge in [0, 0.05) is 23.6 Å². The van der Waals surface area contributed by atoms with Crippen LogP contribution in [0, 0.1) is 13.8 Å². The number of halogens is 1. The minimum absolute atomic E-state index is 0.0139. The molecular weight excluding hydrogens is 472 g/mol. The molecule has 1 aromatic heterocycles. The maximum Gasteiger partial charge on any atom is 0.300 e. The van der Waals surface area contributed by atoms with Gasteiger partial charge in [-0.15, -0.1) is 0 Å². The first-order valence-corrected chi connectivity index (χ1v) is 10.7. The summed E-state index contributed by atoms with van der Waals surface area (Å²) in [6, 6.07) is 13.4. The zero-order valence-corrected chi connectivity index (χ0v) is 19.4. The van der Waals surface area contributed by atoms with Gasteiger partial charge < -0.3 is 9.84 Å². The summed E-state index contributed by atoms with van der Waals surface area (Å²) in [5.41, 5.74) is 3.55. The molecule has 32 heavy (non-hydrogen) atoms. The average Bonchev–Trinajstić information content (AvgIpc) is 3.04. The molecule has 7 heteroatoms. The molecule has 0 saturated carbocycles. The molecule has 4 rings (SSSR count). The summed E-state index contributed by atoms with van der Waals surface area (Å²) in [6.45, 7) is 3.85. The number of anilines is 1. The van der Waals surface area contributed by atoms with E-state index in [-0.39, 0.29) is 11.3 Å². The molecule has 0 radical (unpaired) electrons. The molecule has 0 bridgehead atoms. The molecular formula is C25H21BrN2O4. The van der Waals surface area contributed by atoms with E-state index in [9.17, 15) is 14.7 Å². The van der Waals surface area contributed by atoms with E-state index in [4.69, 9.17) is 4.74 Å². The zero-order valence-electron chi connectivity index (χ0n) is 17.8. The predicted molar refractivity (Wildman–Crippen MR) is 126 cm³/mol. The number of pyridine rings is 1. The Balaban J connectivity index is 1.95. The van der Waals surface area contributed by atoms with Crippen LogP contribution in [0.2, 0.25) is 0 Å². The van der Waals surface area contributed by atoms with Gasteiger partial charge in [0.05, 0.1) is 23.2 Å². The summed E-state index contributed by atoms with van der Waals surface area (Å²) in [5, 5.41) is 11.2. The quantitative estimate of drug-likeness (QED) is 0.311. The lowest BCUT2D eigenvalue weighted by Crippen LogP contribution is -2.30. The van der Waals surface area contributed by atoms with Crippen molar-refractivity contribution >= 4 is 39.1 Å². The van der Waals surface area contributed by atoms with E-state index < -0.39 is 17.7 Å². The first-order valence-electron chi connectivity index (χ1n) is 9.95. The summed E-state index contributed by atoms with van der Waals surface area (Å²) in [4.78, 5) is 32.0. The molecule has 2 aromatic carbocycles. The van der Waals surface area contributed by atoms with Crippen molar-refractivity contribution in [3.63, 3.8) is 0 Å². The van der Waals surface area contributed by atoms with Gasteiger partial charge in [-0.25, -0.2) is 0 Å². The number of hydrogen-bond donors (Lipinski definition) is 1. The van der Waals surface area contributed by atoms with Crippen LogP contribution in [0.25, 0.3) is 5.76 Å². The number of ether oxygens (including phenoxy) is 1. The van der Waals surface area contributed by atoms with Crippen molar-refractivity contribution in [2.45, 2.75) is 19.9 Å². The van der Waals surface area contributed by atoms with E-state index in [0.29, 0.717) is 27.0 Å². The topological polar surface area (TPSA) is 79.7 Å². The lowest BCUT2D eigenvalue weighted by atomic mass is 9.96. The molecule has 1 unspecified atom stereocenters. The third kappa shape index (κ3) is 3.69. The van der Waals surface area contributed by atoms with Crippen molar-refractivity contribution in [3.05, 3.63) is 93.2 Å². The zero-order chi connectivity index (χ0) is 23.0. The second-order valence-electron chi connectivity index (χ2n) is 7.59. The highest BCUT2D eigenvalue weighted by Crippen LogP contribution is 2.43. The number of Topliss-reactive ketones (excluding diaryl/α,β-unsaturated/α-hetero) is 1. The summed E-state index contributed by atoms with van der Waals surface area (Å²) in [7, 11) is 1.54. The lowest BCUT2D eigenvalue weighted by Gasteiger charge is -2.26. The van der Waals surface area contributed by atoms with E-state index >= 15 is 0 Å². The summed E-state index contributed by atoms with van der Waals surface area (Å²) in [5.74, 6) is -1.11. The molecule has 0 spiro atoms. The molecule has 6 nitrogen and oxygen atoms in total. The number of ketones is 1. The van der Waals surface area contributed by atoms with Gasteiger partial charge >= 0.3 is 0 Å². The molecule has 1 aliphatic heterocycles. The highest BCUT2D eigenvalue weighted by Gasteiger charge is 2.47. The first kappa shape index (κ1) is 21.8. The fraction of sp³-hybridized carbons (Fsp3) is 0.160. The van der Waals surface area contributed by atoms with Gasteiger partial charge in [-0.2, -0.15) is 0 Å². The Hall–Kier alpha value is -3.45. The van der Waals surface area contributed by atoms with Gasteiger partial charge in [0.2, 0.25) is 0 Å². The third-order valence-corrected chi connectivity index (χ3v) is 6.10. The van der Waals surface area contributed by atoms with Crippen LogP contribution in [0.4, 0.5) is 5.69 Å². The summed E-state index contributed by atoms with van der Waals surface area (Å²) in [6.07, 6.45) is 3.22. The number of methoxy groups -OCH3 is 1. The van der Waals surface area contributed by atoms with Gasteiger partial charge in [0.25, 0.3) is 11.7 Å². The number of nitrogens with zero attached hydrogens (tertiary/aromatic N) is 2. The number of rotatable bonds is 4. The fourth-order valence-electron chi connectivity index (χ4n) is 3.98. The Labute approximate surface area is 194 Å². The number of aryl methyl sites for hydroxylation is 2. The number of carbonyl (C=O) groups excluding carboxylic acids is 2. The van der Waals surface area contributed by atoms with E-state index in [1.807, 2.05) is 32.0 Å². The van der Waals surface area contributed by atoms with Crippen LogP contribution in [-0.4, -0.2) is 28.9 Å². The van der Waals surface area contributed by atoms with Crippen molar-refractivity contribution in [3.8, 4) is 5.75 Å². The number of benzene rings is 2. The molecule has 1 saturated heterocycles. The smallest absolute Gasteiger partial charge is 0.300 e. The largest absolute Gasteiger partial charge is 0.507 e. The van der Waals surface area contributed by atoms with E-state index in [1.165, 1.54) is 12.0 Å². The number of aromatic nitrogens is 1. The molecule has 162 valence electrons. The Kier molecular flexibility index (Phi) is 5.84. The van der Waals surface area contributed by atoms with Crippen LogP contribution in [0.5, 0.6) is 5.75 Å². The first-order chi connectivity index (χ1) is 15.3. The Morgan fingerprint density at radius 3 is 2.53 bits per heavy atom. The van der Waals surface area contributed by atoms with Gasteiger partial charge in [0.15, 0.2) is 0 Å². The molecule has 3 aromatic rings. The van der Waals surface area contributed by atoms with Gasteiger partial charge in [0.1, 0.15) is 11.5 Å². The highest BCUT2D eigenvalue weighted by molar-refractivity contribution is 9.10. The molecule has 1 aliphatic rings. The second kappa shape index (κ2) is 8.59. The predicted octanol–water partition coefficient (Wildman–Crippen LogP) is 5.10. The maximum atomic E-state index is 13.2. The van der Waals surface area contributed by atoms with E-state index in [1.54, 1.807) is 42.7 Å². The Morgan fingerprint density at radius 2 is 1.91 bits per heavy atom. The van der Waals surface area contributed by atoms with Crippen molar-refractivity contribution in [2.75, 3.05) is 12.0 Å². The van der Waals surface area contributed by atoms with Crippen molar-refractivity contribution < 1.29 is 19.4 Å². The Bertz CT molecular complexity index is 1250. The fourth-order valence-corrected chi connectivity index (χ4v) is 4.52. The molecule has 0 aliphatic carbocycles. The molecule has 1 amide bonds. The van der Waals surface area contributed by atoms with Gasteiger partial charge in [-0.05, 0) is 71.2 Å². The van der Waals surface area contributed by atoms with Crippen LogP contribution in [0.15, 0.2) is 71.0 Å². The van der Waals surface area contributed by atoms with Gasteiger partial charge in [-0.1, -0.05) is 23.8 Å². The number of hydrogen-bond acceptors (Lipinski definition) is 5. The standard InChI is InChI=1S/C25H21BrN2O4/c1-14-6-8-19(15(2)11-14)28-22(17-5-4-10-27-13-17)21(24(30)25(28)31)23(29)16-7-9-20(32-3)18(26)12-16/h4-13,22,29H,1-3H3/b23-21+. The number of carbonyl (C=O) groups is 2. The van der Waals surface area contributed by atoms with Crippen molar-refractivity contribution in [1.82, 2.24) is 4.98 Å². The summed E-state index contributed by atoms with van der Waals surface area (Å²) >= 11 is 3.41.